The highest BCUT2D eigenvalue weighted by atomic mass is 16.1. The summed E-state index contributed by atoms with van der Waals surface area (Å²) in [5.74, 6) is 0.785. The quantitative estimate of drug-likeness (QED) is 0.617. The molecule has 0 atom stereocenters. The van der Waals surface area contributed by atoms with Gasteiger partial charge in [0.25, 0.3) is 5.56 Å². The molecule has 4 aromatic rings. The fourth-order valence-corrected chi connectivity index (χ4v) is 3.26. The zero-order valence-corrected chi connectivity index (χ0v) is 13.1. The van der Waals surface area contributed by atoms with Crippen molar-refractivity contribution in [3.8, 4) is 0 Å². The highest BCUT2D eigenvalue weighted by Crippen LogP contribution is 2.28. The third kappa shape index (κ3) is 2.14. The number of aryl methyl sites for hydroxylation is 2. The molecule has 0 radical (unpaired) electrons. The highest BCUT2D eigenvalue weighted by Gasteiger charge is 2.17. The largest absolute Gasteiger partial charge is 0.291 e. The number of fused-ring (bicyclic) bond motifs is 3. The molecule has 23 heavy (non-hydrogen) atoms. The average Bonchev–Trinajstić information content (AvgIpc) is 2.87. The Labute approximate surface area is 133 Å². The van der Waals surface area contributed by atoms with Crippen LogP contribution >= 0.6 is 0 Å². The zero-order valence-electron chi connectivity index (χ0n) is 13.1. The SMILES string of the molecule is Cc1ccc2c(c1)c(Cc1ccccc1)c1c(=O)[nH]nc(C)n12. The van der Waals surface area contributed by atoms with Crippen molar-refractivity contribution in [2.75, 3.05) is 0 Å². The third-order valence-corrected chi connectivity index (χ3v) is 4.31. The van der Waals surface area contributed by atoms with Crippen molar-refractivity contribution in [2.24, 2.45) is 0 Å². The van der Waals surface area contributed by atoms with E-state index >= 15 is 0 Å². The number of H-pyrrole nitrogens is 1. The number of nitrogens with one attached hydrogen (secondary N) is 1. The Morgan fingerprint density at radius 2 is 1.87 bits per heavy atom. The fourth-order valence-electron chi connectivity index (χ4n) is 3.26. The molecule has 0 bridgehead atoms. The molecule has 1 N–H and O–H groups in total. The Bertz CT molecular complexity index is 1070. The molecular formula is C19H17N3O. The van der Waals surface area contributed by atoms with Gasteiger partial charge in [0.15, 0.2) is 0 Å². The van der Waals surface area contributed by atoms with E-state index in [2.05, 4.69) is 47.5 Å². The minimum atomic E-state index is -0.143. The van der Waals surface area contributed by atoms with Crippen LogP contribution < -0.4 is 5.56 Å². The Morgan fingerprint density at radius 3 is 2.65 bits per heavy atom. The minimum Gasteiger partial charge on any atom is -0.291 e. The van der Waals surface area contributed by atoms with Gasteiger partial charge in [0.2, 0.25) is 0 Å². The first-order chi connectivity index (χ1) is 11.1. The predicted octanol–water partition coefficient (Wildman–Crippen LogP) is 3.38. The normalized spacial score (nSPS) is 11.4. The Kier molecular flexibility index (Phi) is 3.05. The van der Waals surface area contributed by atoms with E-state index in [1.165, 1.54) is 11.1 Å². The lowest BCUT2D eigenvalue weighted by Crippen LogP contribution is -2.15. The van der Waals surface area contributed by atoms with Crippen molar-refractivity contribution >= 4 is 16.4 Å². The minimum absolute atomic E-state index is 0.143. The van der Waals surface area contributed by atoms with Crippen molar-refractivity contribution in [3.05, 3.63) is 81.4 Å². The summed E-state index contributed by atoms with van der Waals surface area (Å²) in [5, 5.41) is 7.86. The van der Waals surface area contributed by atoms with Gasteiger partial charge < -0.3 is 0 Å². The smallest absolute Gasteiger partial charge is 0.288 e. The molecule has 0 spiro atoms. The van der Waals surface area contributed by atoms with Gasteiger partial charge in [0, 0.05) is 11.8 Å². The number of aromatic amines is 1. The van der Waals surface area contributed by atoms with Crippen LogP contribution in [-0.4, -0.2) is 14.6 Å². The number of nitrogens with zero attached hydrogens (tertiary/aromatic N) is 2. The van der Waals surface area contributed by atoms with Crippen LogP contribution in [0.4, 0.5) is 0 Å². The molecule has 0 aliphatic rings. The average molecular weight is 303 g/mol. The van der Waals surface area contributed by atoms with Gasteiger partial charge in [-0.05, 0) is 37.1 Å². The van der Waals surface area contributed by atoms with Crippen molar-refractivity contribution in [3.63, 3.8) is 0 Å². The van der Waals surface area contributed by atoms with Crippen LogP contribution in [0.1, 0.15) is 22.5 Å². The van der Waals surface area contributed by atoms with E-state index in [0.29, 0.717) is 5.52 Å². The first-order valence-corrected chi connectivity index (χ1v) is 7.68. The maximum Gasteiger partial charge on any atom is 0.288 e. The Morgan fingerprint density at radius 1 is 1.09 bits per heavy atom. The second-order valence-electron chi connectivity index (χ2n) is 5.95. The lowest BCUT2D eigenvalue weighted by atomic mass is 10.0. The molecule has 2 heterocycles. The Hall–Kier alpha value is -2.88. The molecule has 2 aromatic heterocycles. The van der Waals surface area contributed by atoms with Crippen molar-refractivity contribution in [2.45, 2.75) is 20.3 Å². The molecule has 0 unspecified atom stereocenters. The van der Waals surface area contributed by atoms with Crippen LogP contribution in [0.5, 0.6) is 0 Å². The molecule has 0 fully saturated rings. The van der Waals surface area contributed by atoms with Gasteiger partial charge in [-0.2, -0.15) is 5.10 Å². The maximum absolute atomic E-state index is 12.5. The van der Waals surface area contributed by atoms with E-state index in [1.54, 1.807) is 0 Å². The van der Waals surface area contributed by atoms with Crippen LogP contribution in [0.15, 0.2) is 53.3 Å². The molecule has 0 amide bonds. The van der Waals surface area contributed by atoms with Gasteiger partial charge in [-0.25, -0.2) is 5.10 Å². The summed E-state index contributed by atoms with van der Waals surface area (Å²) in [6.45, 7) is 3.98. The molecule has 4 rings (SSSR count). The first-order valence-electron chi connectivity index (χ1n) is 7.68. The van der Waals surface area contributed by atoms with E-state index < -0.39 is 0 Å². The summed E-state index contributed by atoms with van der Waals surface area (Å²) in [4.78, 5) is 12.5. The monoisotopic (exact) mass is 303 g/mol. The van der Waals surface area contributed by atoms with E-state index in [0.717, 1.165) is 28.7 Å². The predicted molar refractivity (Wildman–Crippen MR) is 92.0 cm³/mol. The highest BCUT2D eigenvalue weighted by molar-refractivity contribution is 5.93. The van der Waals surface area contributed by atoms with Crippen molar-refractivity contribution in [1.82, 2.24) is 14.6 Å². The lowest BCUT2D eigenvalue weighted by Gasteiger charge is -2.02. The van der Waals surface area contributed by atoms with Crippen molar-refractivity contribution < 1.29 is 0 Å². The number of rotatable bonds is 2. The standard InChI is InChI=1S/C19H17N3O/c1-12-8-9-17-15(10-12)16(11-14-6-4-3-5-7-14)18-19(23)21-20-13(2)22(17)18/h3-10H,11H2,1-2H3,(H,21,23). The molecule has 0 aliphatic carbocycles. The van der Waals surface area contributed by atoms with E-state index in [9.17, 15) is 4.79 Å². The molecule has 2 aromatic carbocycles. The fraction of sp³-hybridized carbons (Fsp3) is 0.158. The van der Waals surface area contributed by atoms with Gasteiger partial charge in [0.1, 0.15) is 11.3 Å². The van der Waals surface area contributed by atoms with Crippen LogP contribution in [0.2, 0.25) is 0 Å². The maximum atomic E-state index is 12.5. The van der Waals surface area contributed by atoms with E-state index in [-0.39, 0.29) is 5.56 Å². The number of aromatic nitrogens is 3. The van der Waals surface area contributed by atoms with Gasteiger partial charge in [-0.3, -0.25) is 9.20 Å². The van der Waals surface area contributed by atoms with Gasteiger partial charge >= 0.3 is 0 Å². The number of hydrogen-bond donors (Lipinski definition) is 1. The second-order valence-corrected chi connectivity index (χ2v) is 5.95. The summed E-state index contributed by atoms with van der Waals surface area (Å²) in [5.41, 5.74) is 5.02. The zero-order chi connectivity index (χ0) is 16.0. The molecular weight excluding hydrogens is 286 g/mol. The molecule has 4 heteroatoms. The summed E-state index contributed by atoms with van der Waals surface area (Å²) in [6, 6.07) is 16.5. The summed E-state index contributed by atoms with van der Waals surface area (Å²) in [6.07, 6.45) is 0.726. The molecule has 114 valence electrons. The molecule has 4 nitrogen and oxygen atoms in total. The summed E-state index contributed by atoms with van der Waals surface area (Å²) in [7, 11) is 0. The summed E-state index contributed by atoms with van der Waals surface area (Å²) < 4.78 is 1.96. The lowest BCUT2D eigenvalue weighted by molar-refractivity contribution is 0.870. The van der Waals surface area contributed by atoms with Crippen LogP contribution in [0.25, 0.3) is 16.4 Å². The first kappa shape index (κ1) is 13.8. The van der Waals surface area contributed by atoms with E-state index in [4.69, 9.17) is 0 Å². The Balaban J connectivity index is 2.13. The van der Waals surface area contributed by atoms with Crippen LogP contribution in [0, 0.1) is 13.8 Å². The molecule has 0 saturated carbocycles. The third-order valence-electron chi connectivity index (χ3n) is 4.31. The summed E-state index contributed by atoms with van der Waals surface area (Å²) >= 11 is 0. The molecule has 0 saturated heterocycles. The second kappa shape index (κ2) is 5.09. The molecule has 0 aliphatic heterocycles. The number of benzene rings is 2. The van der Waals surface area contributed by atoms with Gasteiger partial charge in [-0.15, -0.1) is 0 Å². The van der Waals surface area contributed by atoms with Gasteiger partial charge in [-0.1, -0.05) is 42.0 Å². The van der Waals surface area contributed by atoms with Crippen LogP contribution in [0.3, 0.4) is 0 Å². The van der Waals surface area contributed by atoms with Gasteiger partial charge in [0.05, 0.1) is 5.52 Å². The van der Waals surface area contributed by atoms with Crippen molar-refractivity contribution in [1.29, 1.82) is 0 Å². The van der Waals surface area contributed by atoms with E-state index in [1.807, 2.05) is 29.5 Å². The van der Waals surface area contributed by atoms with Crippen LogP contribution in [-0.2, 0) is 6.42 Å². The topological polar surface area (TPSA) is 50.2 Å². The number of hydrogen-bond acceptors (Lipinski definition) is 2.